The number of hydrogen-bond donors (Lipinski definition) is 4. The second-order valence-corrected chi connectivity index (χ2v) is 9.87. The molecule has 0 aliphatic heterocycles. The number of methoxy groups -OCH3 is 2. The summed E-state index contributed by atoms with van der Waals surface area (Å²) in [5.74, 6) is 0.588. The number of anilines is 2. The molecular formula is C29H32N4O5S. The van der Waals surface area contributed by atoms with E-state index in [4.69, 9.17) is 19.8 Å². The summed E-state index contributed by atoms with van der Waals surface area (Å²) in [5, 5.41) is 7.63. The molecule has 1 aromatic heterocycles. The van der Waals surface area contributed by atoms with Crippen molar-refractivity contribution < 1.29 is 23.0 Å². The Balaban J connectivity index is 1.61. The molecule has 0 aliphatic carbocycles. The van der Waals surface area contributed by atoms with Crippen LogP contribution in [0, 0.1) is 0 Å². The van der Waals surface area contributed by atoms with Crippen molar-refractivity contribution >= 4 is 39.3 Å². The van der Waals surface area contributed by atoms with E-state index in [0.717, 1.165) is 34.4 Å². The molecule has 10 heteroatoms. The van der Waals surface area contributed by atoms with Crippen molar-refractivity contribution in [3.8, 4) is 11.5 Å². The highest BCUT2D eigenvalue weighted by Gasteiger charge is 2.18. The van der Waals surface area contributed by atoms with Gasteiger partial charge in [0.15, 0.2) is 22.6 Å². The molecule has 1 atom stereocenters. The third-order valence-corrected chi connectivity index (χ3v) is 7.06. The fourth-order valence-electron chi connectivity index (χ4n) is 4.55. The van der Waals surface area contributed by atoms with Crippen molar-refractivity contribution in [1.82, 2.24) is 10.3 Å². The largest absolute Gasteiger partial charge is 0.493 e. The smallest absolute Gasteiger partial charge is 0.252 e. The minimum Gasteiger partial charge on any atom is -0.493 e. The molecule has 0 saturated heterocycles. The Kier molecular flexibility index (Phi) is 9.13. The molecule has 1 amide bonds. The number of amides is 1. The zero-order valence-electron chi connectivity index (χ0n) is 22.1. The van der Waals surface area contributed by atoms with Gasteiger partial charge in [0.25, 0.3) is 5.91 Å². The summed E-state index contributed by atoms with van der Waals surface area (Å²) in [7, 11) is 3.11. The lowest BCUT2D eigenvalue weighted by atomic mass is 10.0. The van der Waals surface area contributed by atoms with Crippen LogP contribution in [0.15, 0.2) is 60.8 Å². The van der Waals surface area contributed by atoms with Crippen LogP contribution in [0.3, 0.4) is 0 Å². The number of pyridine rings is 1. The highest BCUT2D eigenvalue weighted by atomic mass is 32.2. The average Bonchev–Trinajstić information content (AvgIpc) is 2.93. The second-order valence-electron chi connectivity index (χ2n) is 8.94. The molecule has 1 unspecified atom stereocenters. The number of ether oxygens (including phenoxy) is 2. The molecule has 1 heterocycles. The number of rotatable bonds is 12. The molecule has 0 bridgehead atoms. The van der Waals surface area contributed by atoms with Gasteiger partial charge in [-0.15, -0.1) is 0 Å². The van der Waals surface area contributed by atoms with Gasteiger partial charge in [-0.2, -0.15) is 0 Å². The normalized spacial score (nSPS) is 11.8. The molecule has 0 saturated carbocycles. The summed E-state index contributed by atoms with van der Waals surface area (Å²) in [6.45, 7) is 3.36. The lowest BCUT2D eigenvalue weighted by molar-refractivity contribution is 0.100. The van der Waals surface area contributed by atoms with Gasteiger partial charge >= 0.3 is 0 Å². The first-order valence-corrected chi connectivity index (χ1v) is 13.7. The van der Waals surface area contributed by atoms with E-state index in [1.807, 2.05) is 36.4 Å². The predicted molar refractivity (Wildman–Crippen MR) is 154 cm³/mol. The molecule has 204 valence electrons. The molecule has 4 aromatic rings. The highest BCUT2D eigenvalue weighted by Crippen LogP contribution is 2.37. The quantitative estimate of drug-likeness (QED) is 0.188. The second kappa shape index (κ2) is 12.7. The van der Waals surface area contributed by atoms with E-state index in [2.05, 4.69) is 28.6 Å². The summed E-state index contributed by atoms with van der Waals surface area (Å²) in [6, 6.07) is 17.2. The zero-order valence-corrected chi connectivity index (χ0v) is 22.9. The van der Waals surface area contributed by atoms with Crippen LogP contribution in [0.5, 0.6) is 11.5 Å². The molecule has 0 spiro atoms. The van der Waals surface area contributed by atoms with E-state index in [9.17, 15) is 9.00 Å². The molecule has 39 heavy (non-hydrogen) atoms. The molecule has 3 aromatic carbocycles. The molecule has 0 radical (unpaired) electrons. The van der Waals surface area contributed by atoms with Gasteiger partial charge in [-0.1, -0.05) is 43.3 Å². The van der Waals surface area contributed by atoms with Crippen LogP contribution in [0.2, 0.25) is 0 Å². The Hall–Kier alpha value is -3.99. The molecule has 5 N–H and O–H groups in total. The van der Waals surface area contributed by atoms with E-state index in [-0.39, 0.29) is 11.3 Å². The van der Waals surface area contributed by atoms with Gasteiger partial charge in [0.1, 0.15) is 0 Å². The van der Waals surface area contributed by atoms with Crippen molar-refractivity contribution in [3.63, 3.8) is 0 Å². The topological polar surface area (TPSA) is 136 Å². The average molecular weight is 549 g/mol. The molecular weight excluding hydrogens is 516 g/mol. The van der Waals surface area contributed by atoms with Gasteiger partial charge in [0.2, 0.25) is 0 Å². The Morgan fingerprint density at radius 2 is 1.72 bits per heavy atom. The van der Waals surface area contributed by atoms with Crippen LogP contribution in [-0.4, -0.2) is 33.9 Å². The Morgan fingerprint density at radius 3 is 2.36 bits per heavy atom. The van der Waals surface area contributed by atoms with Crippen LogP contribution in [0.4, 0.5) is 11.4 Å². The maximum Gasteiger partial charge on any atom is 0.252 e. The Morgan fingerprint density at radius 1 is 1.03 bits per heavy atom. The van der Waals surface area contributed by atoms with Crippen LogP contribution in [0.1, 0.15) is 39.5 Å². The lowest BCUT2D eigenvalue weighted by Gasteiger charge is -2.19. The summed E-state index contributed by atoms with van der Waals surface area (Å²) in [4.78, 5) is 16.8. The highest BCUT2D eigenvalue weighted by molar-refractivity contribution is 7.78. The van der Waals surface area contributed by atoms with Gasteiger partial charge in [0, 0.05) is 36.4 Å². The monoisotopic (exact) mass is 548 g/mol. The number of carbonyl (C=O) groups is 1. The SMILES string of the molecule is CCc1c(CNCc2ccc(CS(=O)O)cc2)cccc1Nc1c(C(N)=O)cnc2cc(OC)c(OC)cc12. The first-order valence-electron chi connectivity index (χ1n) is 12.4. The van der Waals surface area contributed by atoms with Gasteiger partial charge < -0.3 is 30.4 Å². The standard InChI is InChI=1S/C29H32N4O5S/c1-4-21-20(15-31-14-18-8-10-19(11-9-18)17-39(35)36)6-5-7-24(21)33-28-22-12-26(37-2)27(38-3)13-25(22)32-16-23(28)29(30)34/h5-13,16,31H,4,14-15,17H2,1-3H3,(H2,30,34)(H,32,33)(H,35,36). The maximum absolute atomic E-state index is 12.4. The third-order valence-electron chi connectivity index (χ3n) is 6.48. The van der Waals surface area contributed by atoms with Gasteiger partial charge in [0.05, 0.1) is 36.7 Å². The summed E-state index contributed by atoms with van der Waals surface area (Å²) < 4.78 is 31.0. The van der Waals surface area contributed by atoms with Crippen LogP contribution >= 0.6 is 0 Å². The van der Waals surface area contributed by atoms with Crippen molar-refractivity contribution in [2.24, 2.45) is 5.73 Å². The number of nitrogens with two attached hydrogens (primary N) is 1. The predicted octanol–water partition coefficient (Wildman–Crippen LogP) is 4.67. The molecule has 9 nitrogen and oxygen atoms in total. The van der Waals surface area contributed by atoms with E-state index < -0.39 is 17.0 Å². The van der Waals surface area contributed by atoms with Crippen molar-refractivity contribution in [2.45, 2.75) is 32.2 Å². The summed E-state index contributed by atoms with van der Waals surface area (Å²) in [6.07, 6.45) is 2.23. The zero-order chi connectivity index (χ0) is 27.9. The van der Waals surface area contributed by atoms with Crippen LogP contribution in [-0.2, 0) is 36.3 Å². The van der Waals surface area contributed by atoms with Crippen LogP contribution < -0.4 is 25.8 Å². The third kappa shape index (κ3) is 6.54. The van der Waals surface area contributed by atoms with Crippen molar-refractivity contribution in [3.05, 3.63) is 88.6 Å². The molecule has 0 aliphatic rings. The number of hydrogen-bond acceptors (Lipinski definition) is 7. The minimum atomic E-state index is -1.85. The van der Waals surface area contributed by atoms with Gasteiger partial charge in [-0.3, -0.25) is 9.78 Å². The van der Waals surface area contributed by atoms with Crippen LogP contribution in [0.25, 0.3) is 10.9 Å². The van der Waals surface area contributed by atoms with E-state index >= 15 is 0 Å². The van der Waals surface area contributed by atoms with Gasteiger partial charge in [-0.25, -0.2) is 4.21 Å². The van der Waals surface area contributed by atoms with E-state index in [1.54, 1.807) is 26.4 Å². The Labute approximate surface area is 230 Å². The number of nitrogens with one attached hydrogen (secondary N) is 2. The number of nitrogens with zero attached hydrogens (tertiary/aromatic N) is 1. The van der Waals surface area contributed by atoms with Crippen molar-refractivity contribution in [1.29, 1.82) is 0 Å². The number of primary amides is 1. The Bertz CT molecular complexity index is 1510. The fourth-order valence-corrected chi connectivity index (χ4v) is 5.03. The summed E-state index contributed by atoms with van der Waals surface area (Å²) in [5.41, 5.74) is 12.2. The van der Waals surface area contributed by atoms with E-state index in [1.165, 1.54) is 6.20 Å². The summed E-state index contributed by atoms with van der Waals surface area (Å²) >= 11 is -1.85. The molecule has 0 fully saturated rings. The van der Waals surface area contributed by atoms with E-state index in [0.29, 0.717) is 41.2 Å². The fraction of sp³-hybridized carbons (Fsp3) is 0.241. The number of aromatic nitrogens is 1. The minimum absolute atomic E-state index is 0.123. The number of benzene rings is 3. The molecule has 4 rings (SSSR count). The number of carbonyl (C=O) groups excluding carboxylic acids is 1. The maximum atomic E-state index is 12.4. The number of fused-ring (bicyclic) bond motifs is 1. The first-order chi connectivity index (χ1) is 18.8. The van der Waals surface area contributed by atoms with Crippen molar-refractivity contribution in [2.75, 3.05) is 19.5 Å². The first kappa shape index (κ1) is 28.0. The lowest BCUT2D eigenvalue weighted by Crippen LogP contribution is -2.16. The van der Waals surface area contributed by atoms with Gasteiger partial charge in [-0.05, 0) is 40.8 Å².